The minimum absolute atomic E-state index is 0.0598. The van der Waals surface area contributed by atoms with Gasteiger partial charge in [0.05, 0.1) is 0 Å². The van der Waals surface area contributed by atoms with E-state index in [0.29, 0.717) is 17.3 Å². The van der Waals surface area contributed by atoms with Crippen LogP contribution in [-0.4, -0.2) is 17.5 Å². The van der Waals surface area contributed by atoms with Crippen molar-refractivity contribution in [3.05, 3.63) is 77.9 Å². The number of anilines is 1. The second-order valence-corrected chi connectivity index (χ2v) is 6.65. The van der Waals surface area contributed by atoms with Crippen LogP contribution in [-0.2, 0) is 4.79 Å². The maximum Gasteiger partial charge on any atom is 0.262 e. The number of nitrogens with zero attached hydrogens (tertiary/aromatic N) is 1. The van der Waals surface area contributed by atoms with Crippen LogP contribution >= 0.6 is 0 Å². The number of ether oxygens (including phenoxy) is 1. The quantitative estimate of drug-likeness (QED) is 0.527. The van der Waals surface area contributed by atoms with Crippen molar-refractivity contribution in [3.63, 3.8) is 0 Å². The molecule has 4 aromatic rings. The SMILES string of the molecule is Cc1cc2nc(-c3cccc(NC(=O)COc4ccccc4)c3)oc2cc1C. The Balaban J connectivity index is 1.49. The molecule has 4 rings (SSSR count). The smallest absolute Gasteiger partial charge is 0.262 e. The van der Waals surface area contributed by atoms with Crippen molar-refractivity contribution in [1.29, 1.82) is 0 Å². The maximum absolute atomic E-state index is 12.2. The van der Waals surface area contributed by atoms with Crippen molar-refractivity contribution in [2.75, 3.05) is 11.9 Å². The van der Waals surface area contributed by atoms with E-state index in [9.17, 15) is 4.79 Å². The molecule has 0 saturated heterocycles. The molecule has 0 aliphatic carbocycles. The highest BCUT2D eigenvalue weighted by Crippen LogP contribution is 2.27. The topological polar surface area (TPSA) is 64.4 Å². The molecule has 0 unspecified atom stereocenters. The number of hydrogen-bond donors (Lipinski definition) is 1. The summed E-state index contributed by atoms with van der Waals surface area (Å²) in [5.74, 6) is 0.949. The molecule has 5 heteroatoms. The summed E-state index contributed by atoms with van der Waals surface area (Å²) in [6.07, 6.45) is 0. The van der Waals surface area contributed by atoms with E-state index in [4.69, 9.17) is 9.15 Å². The van der Waals surface area contributed by atoms with E-state index in [0.717, 1.165) is 22.2 Å². The first-order valence-electron chi connectivity index (χ1n) is 9.04. The first-order valence-corrected chi connectivity index (χ1v) is 9.04. The fraction of sp³-hybridized carbons (Fsp3) is 0.130. The average molecular weight is 372 g/mol. The molecule has 1 heterocycles. The summed E-state index contributed by atoms with van der Waals surface area (Å²) in [6, 6.07) is 20.7. The van der Waals surface area contributed by atoms with Gasteiger partial charge >= 0.3 is 0 Å². The molecule has 0 bridgehead atoms. The number of nitrogens with one attached hydrogen (secondary N) is 1. The van der Waals surface area contributed by atoms with E-state index in [2.05, 4.69) is 17.2 Å². The number of oxazole rings is 1. The van der Waals surface area contributed by atoms with E-state index in [1.165, 1.54) is 5.56 Å². The molecular weight excluding hydrogens is 352 g/mol. The molecule has 1 N–H and O–H groups in total. The van der Waals surface area contributed by atoms with E-state index < -0.39 is 0 Å². The number of hydrogen-bond acceptors (Lipinski definition) is 4. The average Bonchev–Trinajstić information content (AvgIpc) is 3.10. The Hall–Kier alpha value is -3.60. The second-order valence-electron chi connectivity index (χ2n) is 6.65. The third-order valence-electron chi connectivity index (χ3n) is 4.51. The molecule has 0 atom stereocenters. The number of benzene rings is 3. The van der Waals surface area contributed by atoms with Gasteiger partial charge < -0.3 is 14.5 Å². The summed E-state index contributed by atoms with van der Waals surface area (Å²) < 4.78 is 11.4. The first-order chi connectivity index (χ1) is 13.6. The minimum Gasteiger partial charge on any atom is -0.484 e. The van der Waals surface area contributed by atoms with Crippen LogP contribution in [0.5, 0.6) is 5.75 Å². The number of aromatic nitrogens is 1. The Kier molecular flexibility index (Phi) is 4.81. The monoisotopic (exact) mass is 372 g/mol. The van der Waals surface area contributed by atoms with Crippen molar-refractivity contribution in [3.8, 4) is 17.2 Å². The van der Waals surface area contributed by atoms with Gasteiger partial charge in [-0.3, -0.25) is 4.79 Å². The molecule has 0 radical (unpaired) electrons. The van der Waals surface area contributed by atoms with Crippen LogP contribution in [0.25, 0.3) is 22.6 Å². The number of rotatable bonds is 5. The van der Waals surface area contributed by atoms with Crippen LogP contribution in [0, 0.1) is 13.8 Å². The second kappa shape index (κ2) is 7.56. The lowest BCUT2D eigenvalue weighted by atomic mass is 10.1. The Labute approximate surface area is 163 Å². The molecule has 1 aromatic heterocycles. The molecule has 0 spiro atoms. The van der Waals surface area contributed by atoms with Crippen molar-refractivity contribution in [1.82, 2.24) is 4.98 Å². The Morgan fingerprint density at radius 2 is 1.79 bits per heavy atom. The van der Waals surface area contributed by atoms with Gasteiger partial charge in [0.1, 0.15) is 11.3 Å². The van der Waals surface area contributed by atoms with E-state index in [1.807, 2.05) is 73.7 Å². The zero-order chi connectivity index (χ0) is 19.5. The first kappa shape index (κ1) is 17.8. The number of amides is 1. The van der Waals surface area contributed by atoms with Crippen LogP contribution in [0.1, 0.15) is 11.1 Å². The predicted octanol–water partition coefficient (Wildman–Crippen LogP) is 5.13. The number of carbonyl (C=O) groups excluding carboxylic acids is 1. The van der Waals surface area contributed by atoms with Crippen molar-refractivity contribution < 1.29 is 13.9 Å². The fourth-order valence-electron chi connectivity index (χ4n) is 2.90. The molecule has 1 amide bonds. The normalized spacial score (nSPS) is 10.8. The fourth-order valence-corrected chi connectivity index (χ4v) is 2.90. The van der Waals surface area contributed by atoms with Crippen molar-refractivity contribution >= 4 is 22.7 Å². The third-order valence-corrected chi connectivity index (χ3v) is 4.51. The molecular formula is C23H20N2O3. The van der Waals surface area contributed by atoms with Crippen LogP contribution in [0.3, 0.4) is 0 Å². The Morgan fingerprint density at radius 3 is 2.61 bits per heavy atom. The molecule has 28 heavy (non-hydrogen) atoms. The summed E-state index contributed by atoms with van der Waals surface area (Å²) in [6.45, 7) is 4.04. The van der Waals surface area contributed by atoms with Gasteiger partial charge in [-0.15, -0.1) is 0 Å². The summed E-state index contributed by atoms with van der Waals surface area (Å²) in [5.41, 5.74) is 5.37. The molecule has 0 aliphatic heterocycles. The minimum atomic E-state index is -0.232. The van der Waals surface area contributed by atoms with Gasteiger partial charge in [0, 0.05) is 11.3 Å². The van der Waals surface area contributed by atoms with Crippen molar-refractivity contribution in [2.24, 2.45) is 0 Å². The van der Waals surface area contributed by atoms with Crippen LogP contribution in [0.2, 0.25) is 0 Å². The molecule has 0 saturated carbocycles. The summed E-state index contributed by atoms with van der Waals surface area (Å²) in [5, 5.41) is 2.84. The van der Waals surface area contributed by atoms with Gasteiger partial charge in [0.2, 0.25) is 5.89 Å². The van der Waals surface area contributed by atoms with Gasteiger partial charge in [0.25, 0.3) is 5.91 Å². The molecule has 0 fully saturated rings. The van der Waals surface area contributed by atoms with Crippen molar-refractivity contribution in [2.45, 2.75) is 13.8 Å². The highest BCUT2D eigenvalue weighted by molar-refractivity contribution is 5.92. The lowest BCUT2D eigenvalue weighted by molar-refractivity contribution is -0.118. The molecule has 3 aromatic carbocycles. The van der Waals surface area contributed by atoms with Gasteiger partial charge in [-0.25, -0.2) is 4.98 Å². The predicted molar refractivity (Wildman–Crippen MR) is 109 cm³/mol. The number of fused-ring (bicyclic) bond motifs is 1. The number of carbonyl (C=O) groups is 1. The Bertz CT molecular complexity index is 1090. The lowest BCUT2D eigenvalue weighted by Gasteiger charge is -2.08. The number of aryl methyl sites for hydroxylation is 2. The molecule has 0 aliphatic rings. The highest BCUT2D eigenvalue weighted by atomic mass is 16.5. The van der Waals surface area contributed by atoms with Gasteiger partial charge in [-0.2, -0.15) is 0 Å². The van der Waals surface area contributed by atoms with E-state index in [1.54, 1.807) is 0 Å². The number of para-hydroxylation sites is 1. The zero-order valence-electron chi connectivity index (χ0n) is 15.7. The van der Waals surface area contributed by atoms with Gasteiger partial charge in [-0.1, -0.05) is 24.3 Å². The standard InChI is InChI=1S/C23H20N2O3/c1-15-11-20-21(12-16(15)2)28-23(25-20)17-7-6-8-18(13-17)24-22(26)14-27-19-9-4-3-5-10-19/h3-13H,14H2,1-2H3,(H,24,26). The zero-order valence-corrected chi connectivity index (χ0v) is 15.7. The van der Waals surface area contributed by atoms with Crippen LogP contribution < -0.4 is 10.1 Å². The van der Waals surface area contributed by atoms with Gasteiger partial charge in [-0.05, 0) is 67.4 Å². The molecule has 5 nitrogen and oxygen atoms in total. The van der Waals surface area contributed by atoms with E-state index in [-0.39, 0.29) is 12.5 Å². The lowest BCUT2D eigenvalue weighted by Crippen LogP contribution is -2.20. The maximum atomic E-state index is 12.2. The third kappa shape index (κ3) is 3.88. The summed E-state index contributed by atoms with van der Waals surface area (Å²) in [7, 11) is 0. The molecule has 140 valence electrons. The highest BCUT2D eigenvalue weighted by Gasteiger charge is 2.11. The summed E-state index contributed by atoms with van der Waals surface area (Å²) in [4.78, 5) is 16.8. The Morgan fingerprint density at radius 1 is 1.00 bits per heavy atom. The van der Waals surface area contributed by atoms with E-state index >= 15 is 0 Å². The van der Waals surface area contributed by atoms with Crippen LogP contribution in [0.4, 0.5) is 5.69 Å². The summed E-state index contributed by atoms with van der Waals surface area (Å²) >= 11 is 0. The van der Waals surface area contributed by atoms with Gasteiger partial charge in [0.15, 0.2) is 12.2 Å². The van der Waals surface area contributed by atoms with Crippen LogP contribution in [0.15, 0.2) is 71.1 Å². The largest absolute Gasteiger partial charge is 0.484 e.